The Morgan fingerprint density at radius 3 is 2.42 bits per heavy atom. The van der Waals surface area contributed by atoms with Crippen LogP contribution in [0.4, 0.5) is 4.79 Å². The highest BCUT2D eigenvalue weighted by Gasteiger charge is 2.51. The summed E-state index contributed by atoms with van der Waals surface area (Å²) in [6, 6.07) is 0. The van der Waals surface area contributed by atoms with Crippen LogP contribution in [0.15, 0.2) is 0 Å². The van der Waals surface area contributed by atoms with Gasteiger partial charge in [0.2, 0.25) is 5.91 Å². The van der Waals surface area contributed by atoms with Crippen LogP contribution >= 0.6 is 11.8 Å². The average molecular weight is 286 g/mol. The van der Waals surface area contributed by atoms with Crippen molar-refractivity contribution >= 4 is 23.8 Å². The van der Waals surface area contributed by atoms with Crippen LogP contribution < -0.4 is 0 Å². The maximum Gasteiger partial charge on any atom is 0.418 e. The molecule has 2 rings (SSSR count). The number of carbonyl (C=O) groups excluding carboxylic acids is 2. The molecule has 0 N–H and O–H groups in total. The Morgan fingerprint density at radius 1 is 1.32 bits per heavy atom. The summed E-state index contributed by atoms with van der Waals surface area (Å²) >= 11 is 1.59. The molecule has 0 aromatic rings. The number of thioether (sulfide) groups is 1. The number of likely N-dealkylation sites (tertiary alicyclic amines) is 1. The number of ether oxygens (including phenoxy) is 1. The number of carbonyl (C=O) groups is 2. The van der Waals surface area contributed by atoms with Crippen LogP contribution in [0.3, 0.4) is 0 Å². The van der Waals surface area contributed by atoms with E-state index in [1.54, 1.807) is 11.8 Å². The van der Waals surface area contributed by atoms with Crippen molar-refractivity contribution in [1.82, 2.24) is 9.80 Å². The first kappa shape index (κ1) is 14.7. The van der Waals surface area contributed by atoms with Crippen molar-refractivity contribution in [2.75, 3.05) is 25.9 Å². The molecule has 0 unspecified atom stereocenters. The van der Waals surface area contributed by atoms with Crippen molar-refractivity contribution < 1.29 is 14.3 Å². The number of rotatable bonds is 0. The van der Waals surface area contributed by atoms with Crippen molar-refractivity contribution in [1.29, 1.82) is 0 Å². The van der Waals surface area contributed by atoms with Crippen LogP contribution in [0, 0.1) is 0 Å². The summed E-state index contributed by atoms with van der Waals surface area (Å²) in [5.74, 6) is 0.256. The summed E-state index contributed by atoms with van der Waals surface area (Å²) in [6.07, 6.45) is 1.14. The van der Waals surface area contributed by atoms with E-state index in [1.165, 1.54) is 4.90 Å². The summed E-state index contributed by atoms with van der Waals surface area (Å²) < 4.78 is 5.39. The number of piperidine rings is 1. The molecule has 2 heterocycles. The predicted octanol–water partition coefficient (Wildman–Crippen LogP) is 1.92. The van der Waals surface area contributed by atoms with Gasteiger partial charge in [-0.25, -0.2) is 9.69 Å². The third kappa shape index (κ3) is 3.05. The summed E-state index contributed by atoms with van der Waals surface area (Å²) in [5, 5.41) is 0. The van der Waals surface area contributed by atoms with E-state index >= 15 is 0 Å². The molecule has 0 bridgehead atoms. The van der Waals surface area contributed by atoms with Gasteiger partial charge in [0, 0.05) is 13.1 Å². The third-order valence-corrected chi connectivity index (χ3v) is 4.99. The first-order chi connectivity index (χ1) is 8.73. The lowest BCUT2D eigenvalue weighted by atomic mass is 10.0. The molecule has 2 fully saturated rings. The molecule has 2 amide bonds. The Bertz CT molecular complexity index is 384. The largest absolute Gasteiger partial charge is 0.443 e. The maximum absolute atomic E-state index is 12.3. The first-order valence-electron chi connectivity index (χ1n) is 6.62. The number of imide groups is 1. The van der Waals surface area contributed by atoms with E-state index in [0.717, 1.165) is 25.9 Å². The number of hydrogen-bond donors (Lipinski definition) is 0. The molecule has 108 valence electrons. The summed E-state index contributed by atoms with van der Waals surface area (Å²) in [4.78, 5) is 27.5. The average Bonchev–Trinajstić information content (AvgIpc) is 2.58. The van der Waals surface area contributed by atoms with Gasteiger partial charge >= 0.3 is 6.09 Å². The van der Waals surface area contributed by atoms with Crippen LogP contribution in [0.1, 0.15) is 33.6 Å². The van der Waals surface area contributed by atoms with Gasteiger partial charge < -0.3 is 9.64 Å². The second-order valence-corrected chi connectivity index (χ2v) is 7.58. The summed E-state index contributed by atoms with van der Waals surface area (Å²) in [5.41, 5.74) is -0.572. The number of amides is 2. The lowest BCUT2D eigenvalue weighted by Gasteiger charge is -2.42. The molecule has 0 atom stereocenters. The van der Waals surface area contributed by atoms with Gasteiger partial charge in [0.25, 0.3) is 0 Å². The fourth-order valence-electron chi connectivity index (χ4n) is 2.46. The highest BCUT2D eigenvalue weighted by molar-refractivity contribution is 8.01. The van der Waals surface area contributed by atoms with Gasteiger partial charge in [0.1, 0.15) is 10.5 Å². The van der Waals surface area contributed by atoms with Crippen molar-refractivity contribution in [2.45, 2.75) is 44.1 Å². The van der Waals surface area contributed by atoms with E-state index in [1.807, 2.05) is 20.8 Å². The Hall–Kier alpha value is -0.750. The van der Waals surface area contributed by atoms with Gasteiger partial charge in [-0.1, -0.05) is 0 Å². The first-order valence-corrected chi connectivity index (χ1v) is 7.61. The van der Waals surface area contributed by atoms with Crippen molar-refractivity contribution in [3.05, 3.63) is 0 Å². The highest BCUT2D eigenvalue weighted by Crippen LogP contribution is 2.44. The van der Waals surface area contributed by atoms with Gasteiger partial charge in [-0.05, 0) is 40.7 Å². The second-order valence-electron chi connectivity index (χ2n) is 6.25. The molecule has 1 spiro atoms. The van der Waals surface area contributed by atoms with Crippen LogP contribution in [-0.2, 0) is 9.53 Å². The molecule has 0 aliphatic carbocycles. The van der Waals surface area contributed by atoms with Crippen LogP contribution in [0.5, 0.6) is 0 Å². The fourth-order valence-corrected chi connectivity index (χ4v) is 3.76. The zero-order valence-corrected chi connectivity index (χ0v) is 12.9. The Labute approximate surface area is 118 Å². The maximum atomic E-state index is 12.3. The zero-order chi connectivity index (χ0) is 14.3. The molecule has 5 nitrogen and oxygen atoms in total. The molecule has 2 aliphatic heterocycles. The predicted molar refractivity (Wildman–Crippen MR) is 75.0 cm³/mol. The summed E-state index contributed by atoms with van der Waals surface area (Å²) in [6.45, 7) is 7.26. The second kappa shape index (κ2) is 4.98. The minimum absolute atomic E-state index is 0.121. The lowest BCUT2D eigenvalue weighted by Crippen LogP contribution is -2.54. The molecule has 0 saturated carbocycles. The van der Waals surface area contributed by atoms with Crippen LogP contribution in [-0.4, -0.2) is 58.2 Å². The van der Waals surface area contributed by atoms with E-state index in [-0.39, 0.29) is 10.8 Å². The molecular weight excluding hydrogens is 264 g/mol. The normalized spacial score (nSPS) is 24.0. The highest BCUT2D eigenvalue weighted by atomic mass is 32.2. The molecule has 19 heavy (non-hydrogen) atoms. The van der Waals surface area contributed by atoms with Crippen LogP contribution in [0.2, 0.25) is 0 Å². The van der Waals surface area contributed by atoms with Gasteiger partial charge in [-0.15, -0.1) is 11.8 Å². The molecule has 2 saturated heterocycles. The Morgan fingerprint density at radius 2 is 1.89 bits per heavy atom. The van der Waals surface area contributed by atoms with E-state index in [9.17, 15) is 9.59 Å². The lowest BCUT2D eigenvalue weighted by molar-refractivity contribution is -0.130. The monoisotopic (exact) mass is 286 g/mol. The summed E-state index contributed by atoms with van der Waals surface area (Å²) in [7, 11) is 2.06. The van der Waals surface area contributed by atoms with E-state index in [0.29, 0.717) is 5.75 Å². The fraction of sp³-hybridized carbons (Fsp3) is 0.846. The minimum Gasteiger partial charge on any atom is -0.443 e. The molecule has 0 aromatic heterocycles. The zero-order valence-electron chi connectivity index (χ0n) is 12.1. The Kier molecular flexibility index (Phi) is 3.84. The smallest absolute Gasteiger partial charge is 0.418 e. The topological polar surface area (TPSA) is 49.9 Å². The van der Waals surface area contributed by atoms with Crippen molar-refractivity contribution in [3.8, 4) is 0 Å². The van der Waals surface area contributed by atoms with Gasteiger partial charge in [0.05, 0.1) is 5.75 Å². The molecule has 6 heteroatoms. The number of nitrogens with zero attached hydrogens (tertiary/aromatic N) is 2. The van der Waals surface area contributed by atoms with Crippen molar-refractivity contribution in [3.63, 3.8) is 0 Å². The van der Waals surface area contributed by atoms with Gasteiger partial charge in [-0.3, -0.25) is 4.79 Å². The number of hydrogen-bond acceptors (Lipinski definition) is 5. The molecule has 0 radical (unpaired) electrons. The minimum atomic E-state index is -0.572. The van der Waals surface area contributed by atoms with Crippen molar-refractivity contribution in [2.24, 2.45) is 0 Å². The third-order valence-electron chi connectivity index (χ3n) is 3.47. The van der Waals surface area contributed by atoms with Gasteiger partial charge in [0.15, 0.2) is 0 Å². The molecule has 0 aromatic carbocycles. The van der Waals surface area contributed by atoms with E-state index in [4.69, 9.17) is 4.74 Å². The standard InChI is InChI=1S/C13H22N2O3S/c1-12(2,3)18-11(17)15-10(16)9-19-13(15)5-7-14(4)8-6-13/h5-9H2,1-4H3. The van der Waals surface area contributed by atoms with Gasteiger partial charge in [-0.2, -0.15) is 0 Å². The van der Waals surface area contributed by atoms with E-state index in [2.05, 4.69) is 11.9 Å². The molecular formula is C13H22N2O3S. The Balaban J connectivity index is 2.16. The van der Waals surface area contributed by atoms with Crippen LogP contribution in [0.25, 0.3) is 0 Å². The quantitative estimate of drug-likeness (QED) is 0.681. The van der Waals surface area contributed by atoms with E-state index < -0.39 is 11.7 Å². The molecule has 2 aliphatic rings. The SMILES string of the molecule is CN1CCC2(CC1)SCC(=O)N2C(=O)OC(C)(C)C.